The van der Waals surface area contributed by atoms with Crippen molar-refractivity contribution < 1.29 is 23.8 Å². The van der Waals surface area contributed by atoms with E-state index in [0.29, 0.717) is 51.5 Å². The predicted molar refractivity (Wildman–Crippen MR) is 163 cm³/mol. The summed E-state index contributed by atoms with van der Waals surface area (Å²) < 4.78 is 17.6. The Morgan fingerprint density at radius 3 is 2.09 bits per heavy atom. The van der Waals surface area contributed by atoms with Crippen LogP contribution in [0.4, 0.5) is 11.5 Å². The van der Waals surface area contributed by atoms with Crippen molar-refractivity contribution in [2.24, 2.45) is 0 Å². The Kier molecular flexibility index (Phi) is 8.80. The van der Waals surface area contributed by atoms with Gasteiger partial charge in [0.15, 0.2) is 17.3 Å². The summed E-state index contributed by atoms with van der Waals surface area (Å²) in [7, 11) is 4.46. The standard InChI is InChI=1S/C32H32N6O5/c1-5-6-12-24-19-27(38-32(34-24)36-29(37-38)20-10-8-7-9-11-20)35-30(39)21-13-15-23(16-14-21)33-31(40)22-17-25(41-2)28(43-4)26(18-22)42-3/h7-11,13-19H,5-6,12H2,1-4H3,(H,33,40)(H,35,39). The first-order chi connectivity index (χ1) is 20.9. The van der Waals surface area contributed by atoms with Crippen molar-refractivity contribution in [3.05, 3.63) is 89.6 Å². The van der Waals surface area contributed by atoms with Crippen molar-refractivity contribution in [3.63, 3.8) is 0 Å². The molecule has 43 heavy (non-hydrogen) atoms. The summed E-state index contributed by atoms with van der Waals surface area (Å²) in [6.45, 7) is 2.11. The summed E-state index contributed by atoms with van der Waals surface area (Å²) in [5.41, 5.74) is 2.90. The topological polar surface area (TPSA) is 129 Å². The van der Waals surface area contributed by atoms with E-state index in [1.807, 2.05) is 36.4 Å². The Hall–Kier alpha value is -5.45. The fourth-order valence-corrected chi connectivity index (χ4v) is 4.51. The number of aryl methyl sites for hydroxylation is 1. The van der Waals surface area contributed by atoms with Gasteiger partial charge in [0.2, 0.25) is 5.75 Å². The van der Waals surface area contributed by atoms with E-state index in [4.69, 9.17) is 14.2 Å². The number of hydrogen-bond donors (Lipinski definition) is 2. The van der Waals surface area contributed by atoms with Gasteiger partial charge in [-0.3, -0.25) is 9.59 Å². The third kappa shape index (κ3) is 6.40. The lowest BCUT2D eigenvalue weighted by molar-refractivity contribution is 0.101. The molecule has 2 amide bonds. The lowest BCUT2D eigenvalue weighted by atomic mass is 10.1. The highest BCUT2D eigenvalue weighted by atomic mass is 16.5. The monoisotopic (exact) mass is 580 g/mol. The maximum absolute atomic E-state index is 13.3. The minimum absolute atomic E-state index is 0.319. The van der Waals surface area contributed by atoms with Gasteiger partial charge in [-0.25, -0.2) is 4.98 Å². The van der Waals surface area contributed by atoms with Crippen molar-refractivity contribution in [2.75, 3.05) is 32.0 Å². The van der Waals surface area contributed by atoms with Gasteiger partial charge in [0, 0.05) is 34.1 Å². The summed E-state index contributed by atoms with van der Waals surface area (Å²) in [4.78, 5) is 35.6. The smallest absolute Gasteiger partial charge is 0.256 e. The zero-order valence-electron chi connectivity index (χ0n) is 24.4. The molecular formula is C32H32N6O5. The van der Waals surface area contributed by atoms with Crippen LogP contribution in [0.25, 0.3) is 17.2 Å². The molecule has 0 radical (unpaired) electrons. The Balaban J connectivity index is 1.35. The first kappa shape index (κ1) is 29.1. The second-order valence-electron chi connectivity index (χ2n) is 9.65. The van der Waals surface area contributed by atoms with Gasteiger partial charge in [0.05, 0.1) is 21.3 Å². The zero-order valence-corrected chi connectivity index (χ0v) is 24.4. The molecule has 0 unspecified atom stereocenters. The molecule has 0 spiro atoms. The van der Waals surface area contributed by atoms with E-state index in [0.717, 1.165) is 30.5 Å². The minimum atomic E-state index is -0.379. The molecule has 0 aliphatic rings. The predicted octanol–water partition coefficient (Wildman–Crippen LogP) is 5.66. The average molecular weight is 581 g/mol. The molecule has 0 saturated heterocycles. The molecule has 2 N–H and O–H groups in total. The number of carbonyl (C=O) groups is 2. The van der Waals surface area contributed by atoms with Crippen molar-refractivity contribution >= 4 is 29.1 Å². The first-order valence-electron chi connectivity index (χ1n) is 13.8. The highest BCUT2D eigenvalue weighted by molar-refractivity contribution is 6.06. The van der Waals surface area contributed by atoms with Crippen LogP contribution in [0.1, 0.15) is 46.2 Å². The molecule has 220 valence electrons. The maximum Gasteiger partial charge on any atom is 0.256 e. The molecular weight excluding hydrogens is 548 g/mol. The van der Waals surface area contributed by atoms with Crippen LogP contribution >= 0.6 is 0 Å². The largest absolute Gasteiger partial charge is 0.493 e. The molecule has 0 aliphatic carbocycles. The van der Waals surface area contributed by atoms with E-state index < -0.39 is 0 Å². The number of rotatable bonds is 11. The quantitative estimate of drug-likeness (QED) is 0.205. The summed E-state index contributed by atoms with van der Waals surface area (Å²) >= 11 is 0. The van der Waals surface area contributed by atoms with Crippen LogP contribution in [0.2, 0.25) is 0 Å². The lowest BCUT2D eigenvalue weighted by Gasteiger charge is -2.14. The number of fused-ring (bicyclic) bond motifs is 1. The van der Waals surface area contributed by atoms with Gasteiger partial charge in [0.1, 0.15) is 5.82 Å². The van der Waals surface area contributed by atoms with Crippen LogP contribution in [0.5, 0.6) is 17.2 Å². The molecule has 5 rings (SSSR count). The van der Waals surface area contributed by atoms with Crippen LogP contribution in [0.15, 0.2) is 72.8 Å². The number of nitrogens with zero attached hydrogens (tertiary/aromatic N) is 4. The Labute approximate surface area is 248 Å². The summed E-state index contributed by atoms with van der Waals surface area (Å²) in [6.07, 6.45) is 2.72. The van der Waals surface area contributed by atoms with Crippen LogP contribution in [-0.2, 0) is 6.42 Å². The fourth-order valence-electron chi connectivity index (χ4n) is 4.51. The van der Waals surface area contributed by atoms with Gasteiger partial charge in [0.25, 0.3) is 17.6 Å². The van der Waals surface area contributed by atoms with Gasteiger partial charge in [-0.05, 0) is 49.2 Å². The SMILES string of the molecule is CCCCc1cc(NC(=O)c2ccc(NC(=O)c3cc(OC)c(OC)c(OC)c3)cc2)n2nc(-c3ccccc3)nc2n1. The van der Waals surface area contributed by atoms with Crippen molar-refractivity contribution in [1.82, 2.24) is 19.6 Å². The highest BCUT2D eigenvalue weighted by Crippen LogP contribution is 2.38. The minimum Gasteiger partial charge on any atom is -0.493 e. The van der Waals surface area contributed by atoms with E-state index >= 15 is 0 Å². The second-order valence-corrected chi connectivity index (χ2v) is 9.65. The van der Waals surface area contributed by atoms with Gasteiger partial charge in [-0.15, -0.1) is 5.10 Å². The van der Waals surface area contributed by atoms with E-state index in [-0.39, 0.29) is 11.8 Å². The number of ether oxygens (including phenoxy) is 3. The number of nitrogens with one attached hydrogen (secondary N) is 2. The fraction of sp³-hybridized carbons (Fsp3) is 0.219. The second kappa shape index (κ2) is 13.0. The molecule has 0 saturated carbocycles. The molecule has 2 aromatic heterocycles. The third-order valence-corrected chi connectivity index (χ3v) is 6.76. The average Bonchev–Trinajstić information content (AvgIpc) is 3.48. The van der Waals surface area contributed by atoms with E-state index in [2.05, 4.69) is 32.6 Å². The molecule has 0 aliphatic heterocycles. The first-order valence-corrected chi connectivity index (χ1v) is 13.8. The number of anilines is 2. The molecule has 3 aromatic carbocycles. The summed E-state index contributed by atoms with van der Waals surface area (Å²) in [5.74, 6) is 1.80. The molecule has 11 heteroatoms. The Bertz CT molecular complexity index is 1730. The van der Waals surface area contributed by atoms with Crippen LogP contribution in [0, 0.1) is 0 Å². The number of methoxy groups -OCH3 is 3. The summed E-state index contributed by atoms with van der Waals surface area (Å²) in [6, 6.07) is 21.1. The Morgan fingerprint density at radius 2 is 1.47 bits per heavy atom. The number of amides is 2. The third-order valence-electron chi connectivity index (χ3n) is 6.76. The van der Waals surface area contributed by atoms with Gasteiger partial charge < -0.3 is 24.8 Å². The van der Waals surface area contributed by atoms with Crippen LogP contribution in [-0.4, -0.2) is 52.7 Å². The number of hydrogen-bond acceptors (Lipinski definition) is 8. The molecule has 11 nitrogen and oxygen atoms in total. The van der Waals surface area contributed by atoms with Crippen molar-refractivity contribution in [1.29, 1.82) is 0 Å². The molecule has 0 bridgehead atoms. The number of aromatic nitrogens is 4. The Morgan fingerprint density at radius 1 is 0.791 bits per heavy atom. The van der Waals surface area contributed by atoms with E-state index in [1.54, 1.807) is 40.9 Å². The van der Waals surface area contributed by atoms with Gasteiger partial charge in [-0.2, -0.15) is 9.50 Å². The van der Waals surface area contributed by atoms with E-state index in [1.165, 1.54) is 21.3 Å². The maximum atomic E-state index is 13.3. The zero-order chi connectivity index (χ0) is 30.3. The number of benzene rings is 3. The molecule has 2 heterocycles. The normalized spacial score (nSPS) is 10.8. The highest BCUT2D eigenvalue weighted by Gasteiger charge is 2.18. The lowest BCUT2D eigenvalue weighted by Crippen LogP contribution is -2.16. The van der Waals surface area contributed by atoms with Gasteiger partial charge >= 0.3 is 0 Å². The number of carbonyl (C=O) groups excluding carboxylic acids is 2. The van der Waals surface area contributed by atoms with Crippen molar-refractivity contribution in [3.8, 4) is 28.6 Å². The number of unbranched alkanes of at least 4 members (excludes halogenated alkanes) is 1. The van der Waals surface area contributed by atoms with Crippen LogP contribution in [0.3, 0.4) is 0 Å². The van der Waals surface area contributed by atoms with Crippen molar-refractivity contribution in [2.45, 2.75) is 26.2 Å². The van der Waals surface area contributed by atoms with E-state index in [9.17, 15) is 9.59 Å². The summed E-state index contributed by atoms with van der Waals surface area (Å²) in [5, 5.41) is 10.4. The molecule has 0 fully saturated rings. The van der Waals surface area contributed by atoms with Crippen LogP contribution < -0.4 is 24.8 Å². The molecule has 5 aromatic rings. The molecule has 0 atom stereocenters. The van der Waals surface area contributed by atoms with Gasteiger partial charge in [-0.1, -0.05) is 43.7 Å².